The summed E-state index contributed by atoms with van der Waals surface area (Å²) in [6.07, 6.45) is -5.89. The zero-order valence-electron chi connectivity index (χ0n) is 14.6. The number of nitrogens with zero attached hydrogens (tertiary/aromatic N) is 3. The van der Waals surface area contributed by atoms with Crippen molar-refractivity contribution in [3.05, 3.63) is 16.9 Å². The Morgan fingerprint density at radius 3 is 2.57 bits per heavy atom. The number of amides is 1. The minimum Gasteiger partial charge on any atom is -0.487 e. The van der Waals surface area contributed by atoms with Crippen molar-refractivity contribution in [1.29, 1.82) is 0 Å². The fraction of sp³-hybridized carbons (Fsp3) is 0.467. The number of methoxy groups -OCH3 is 1. The lowest BCUT2D eigenvalue weighted by molar-refractivity contribution is -0.147. The quantitative estimate of drug-likeness (QED) is 0.609. The van der Waals surface area contributed by atoms with Crippen LogP contribution in [0.5, 0.6) is 11.5 Å². The number of halogens is 6. The van der Waals surface area contributed by atoms with E-state index in [2.05, 4.69) is 14.7 Å². The number of hydrogen-bond acceptors (Lipinski definition) is 5. The van der Waals surface area contributed by atoms with Gasteiger partial charge in [0.15, 0.2) is 5.75 Å². The number of fused-ring (bicyclic) bond motifs is 1. The summed E-state index contributed by atoms with van der Waals surface area (Å²) in [4.78, 5) is 19.8. The van der Waals surface area contributed by atoms with E-state index >= 15 is 0 Å². The third-order valence-electron chi connectivity index (χ3n) is 3.68. The van der Waals surface area contributed by atoms with E-state index in [1.165, 1.54) is 6.92 Å². The second kappa shape index (κ2) is 8.67. The van der Waals surface area contributed by atoms with Crippen molar-refractivity contribution in [3.63, 3.8) is 0 Å². The molecule has 0 spiro atoms. The number of carbonyl (C=O) groups excluding carboxylic acids is 1. The molecule has 0 aliphatic heterocycles. The lowest BCUT2D eigenvalue weighted by atomic mass is 10.2. The highest BCUT2D eigenvalue weighted by atomic mass is 35.5. The number of rotatable bonds is 7. The Labute approximate surface area is 160 Å². The summed E-state index contributed by atoms with van der Waals surface area (Å²) in [7, 11) is 1.05. The van der Waals surface area contributed by atoms with Gasteiger partial charge in [-0.15, -0.1) is 0 Å². The molecule has 0 fully saturated rings. The van der Waals surface area contributed by atoms with Gasteiger partial charge in [-0.25, -0.2) is 14.2 Å². The topological polar surface area (TPSA) is 65.8 Å². The molecule has 1 amide bonds. The number of benzene rings is 1. The lowest BCUT2D eigenvalue weighted by Crippen LogP contribution is -2.34. The summed E-state index contributed by atoms with van der Waals surface area (Å²) in [5.74, 6) is -2.65. The van der Waals surface area contributed by atoms with Crippen molar-refractivity contribution >= 4 is 28.7 Å². The van der Waals surface area contributed by atoms with Gasteiger partial charge in [0.05, 0.1) is 12.1 Å². The monoisotopic (exact) mass is 431 g/mol. The van der Waals surface area contributed by atoms with Crippen LogP contribution in [0.3, 0.4) is 0 Å². The van der Waals surface area contributed by atoms with Gasteiger partial charge >= 0.3 is 12.3 Å². The van der Waals surface area contributed by atoms with Crippen LogP contribution < -0.4 is 9.68 Å². The summed E-state index contributed by atoms with van der Waals surface area (Å²) in [6, 6.07) is 0.962. The van der Waals surface area contributed by atoms with Crippen LogP contribution >= 0.6 is 11.6 Å². The van der Waals surface area contributed by atoms with E-state index in [1.54, 1.807) is 0 Å². The first-order valence-corrected chi connectivity index (χ1v) is 8.17. The highest BCUT2D eigenvalue weighted by Gasteiger charge is 2.40. The third kappa shape index (κ3) is 4.16. The van der Waals surface area contributed by atoms with E-state index < -0.39 is 60.6 Å². The van der Waals surface area contributed by atoms with Gasteiger partial charge in [-0.1, -0.05) is 11.6 Å². The molecule has 156 valence electrons. The van der Waals surface area contributed by atoms with Crippen LogP contribution in [0.15, 0.2) is 6.07 Å². The molecule has 28 heavy (non-hydrogen) atoms. The van der Waals surface area contributed by atoms with Crippen LogP contribution in [0.1, 0.15) is 12.7 Å². The molecular formula is C15H15ClF5N3O4. The molecule has 0 saturated carbocycles. The summed E-state index contributed by atoms with van der Waals surface area (Å²) in [6.45, 7) is -0.685. The first kappa shape index (κ1) is 21.8. The summed E-state index contributed by atoms with van der Waals surface area (Å²) >= 11 is 5.97. The van der Waals surface area contributed by atoms with Gasteiger partial charge in [0.2, 0.25) is 11.6 Å². The number of carbonyl (C=O) groups is 1. The fourth-order valence-corrected chi connectivity index (χ4v) is 2.72. The summed E-state index contributed by atoms with van der Waals surface area (Å²) in [5.41, 5.74) is -0.950. The maximum Gasteiger partial charge on any atom is 0.449 e. The molecule has 1 aromatic heterocycles. The van der Waals surface area contributed by atoms with Crippen LogP contribution in [-0.4, -0.2) is 47.5 Å². The van der Waals surface area contributed by atoms with Crippen molar-refractivity contribution in [2.45, 2.75) is 19.8 Å². The first-order chi connectivity index (χ1) is 13.2. The molecule has 0 radical (unpaired) electrons. The molecule has 0 saturated heterocycles. The zero-order valence-corrected chi connectivity index (χ0v) is 15.4. The molecule has 2 aromatic rings. The summed E-state index contributed by atoms with van der Waals surface area (Å²) in [5, 5.41) is -0.310. The molecule has 0 aliphatic carbocycles. The zero-order chi connectivity index (χ0) is 21.1. The standard InChI is InChI=1S/C15H15ClF5N3O4/c1-3-23(14(25)26-2)7-24-11-10(22-13(24)15(18,19)20)8(16)6-9(12(11)28-21)27-5-4-17/h6H,3-5,7H2,1-2H3. The number of imidazole rings is 1. The van der Waals surface area contributed by atoms with Gasteiger partial charge < -0.3 is 9.47 Å². The molecule has 2 rings (SSSR count). The van der Waals surface area contributed by atoms with E-state index in [0.29, 0.717) is 4.57 Å². The number of aromatic nitrogens is 2. The van der Waals surface area contributed by atoms with Gasteiger partial charge in [0.25, 0.3) is 0 Å². The Bertz CT molecular complexity index is 859. The second-order valence-electron chi connectivity index (χ2n) is 5.33. The number of ether oxygens (including phenoxy) is 2. The van der Waals surface area contributed by atoms with Crippen molar-refractivity contribution < 1.29 is 41.3 Å². The first-order valence-electron chi connectivity index (χ1n) is 7.79. The van der Waals surface area contributed by atoms with Crippen LogP contribution in [0.25, 0.3) is 11.0 Å². The van der Waals surface area contributed by atoms with E-state index in [4.69, 9.17) is 16.3 Å². The molecule has 1 aromatic carbocycles. The SMILES string of the molecule is CCN(Cn1c(C(F)(F)F)nc2c(Cl)cc(OCCF)c(OF)c21)C(=O)OC. The van der Waals surface area contributed by atoms with Gasteiger partial charge in [-0.3, -0.25) is 14.4 Å². The number of alkyl halides is 4. The highest BCUT2D eigenvalue weighted by molar-refractivity contribution is 6.35. The maximum atomic E-state index is 13.5. The van der Waals surface area contributed by atoms with Crippen molar-refractivity contribution in [1.82, 2.24) is 14.5 Å². The molecule has 0 unspecified atom stereocenters. The average molecular weight is 432 g/mol. The molecular weight excluding hydrogens is 417 g/mol. The predicted octanol–water partition coefficient (Wildman–Crippen LogP) is 4.37. The normalized spacial score (nSPS) is 11.6. The van der Waals surface area contributed by atoms with Gasteiger partial charge in [-0.05, 0) is 6.92 Å². The highest BCUT2D eigenvalue weighted by Crippen LogP contribution is 2.43. The van der Waals surface area contributed by atoms with Gasteiger partial charge in [0, 0.05) is 17.1 Å². The van der Waals surface area contributed by atoms with E-state index in [-0.39, 0.29) is 11.6 Å². The Morgan fingerprint density at radius 2 is 2.07 bits per heavy atom. The average Bonchev–Trinajstić information content (AvgIpc) is 3.04. The van der Waals surface area contributed by atoms with Crippen LogP contribution in [0.4, 0.5) is 26.9 Å². The predicted molar refractivity (Wildman–Crippen MR) is 87.7 cm³/mol. The van der Waals surface area contributed by atoms with Gasteiger partial charge in [-0.2, -0.15) is 13.2 Å². The molecule has 0 N–H and O–H groups in total. The minimum atomic E-state index is -4.97. The van der Waals surface area contributed by atoms with E-state index in [0.717, 1.165) is 18.1 Å². The van der Waals surface area contributed by atoms with Crippen LogP contribution in [0.2, 0.25) is 5.02 Å². The summed E-state index contributed by atoms with van der Waals surface area (Å²) < 4.78 is 76.2. The molecule has 1 heterocycles. The molecule has 7 nitrogen and oxygen atoms in total. The van der Waals surface area contributed by atoms with E-state index in [9.17, 15) is 26.9 Å². The van der Waals surface area contributed by atoms with Gasteiger partial charge in [0.1, 0.15) is 31.0 Å². The van der Waals surface area contributed by atoms with Crippen molar-refractivity contribution in [2.75, 3.05) is 26.9 Å². The lowest BCUT2D eigenvalue weighted by Gasteiger charge is -2.22. The molecule has 0 aliphatic rings. The van der Waals surface area contributed by atoms with E-state index in [1.807, 2.05) is 0 Å². The number of hydrogen-bond donors (Lipinski definition) is 0. The van der Waals surface area contributed by atoms with Crippen molar-refractivity contribution in [2.24, 2.45) is 0 Å². The van der Waals surface area contributed by atoms with Crippen LogP contribution in [-0.2, 0) is 17.6 Å². The Morgan fingerprint density at radius 1 is 1.39 bits per heavy atom. The minimum absolute atomic E-state index is 0.0266. The fourth-order valence-electron chi connectivity index (χ4n) is 2.49. The van der Waals surface area contributed by atoms with Crippen molar-refractivity contribution in [3.8, 4) is 11.5 Å². The Balaban J connectivity index is 2.79. The molecule has 0 atom stereocenters. The Kier molecular flexibility index (Phi) is 6.75. The smallest absolute Gasteiger partial charge is 0.449 e. The maximum absolute atomic E-state index is 13.5. The third-order valence-corrected chi connectivity index (χ3v) is 3.97. The van der Waals surface area contributed by atoms with Crippen LogP contribution in [0, 0.1) is 0 Å². The molecule has 0 bridgehead atoms. The largest absolute Gasteiger partial charge is 0.487 e. The Hall–Kier alpha value is -2.50. The molecule has 13 heteroatoms. The second-order valence-corrected chi connectivity index (χ2v) is 5.73.